The van der Waals surface area contributed by atoms with E-state index in [0.717, 1.165) is 22.0 Å². The Balaban J connectivity index is 1.71. The molecule has 0 aliphatic heterocycles. The third-order valence-corrected chi connectivity index (χ3v) is 4.54. The average molecular weight is 382 g/mol. The molecule has 0 radical (unpaired) electrons. The van der Waals surface area contributed by atoms with Crippen molar-refractivity contribution in [1.82, 2.24) is 10.3 Å². The molecule has 1 aromatic heterocycles. The van der Waals surface area contributed by atoms with Gasteiger partial charge in [0.2, 0.25) is 0 Å². The summed E-state index contributed by atoms with van der Waals surface area (Å²) in [5.41, 5.74) is 2.92. The predicted molar refractivity (Wildman–Crippen MR) is 109 cm³/mol. The number of H-pyrrole nitrogens is 1. The van der Waals surface area contributed by atoms with E-state index < -0.39 is 12.0 Å². The van der Waals surface area contributed by atoms with Crippen molar-refractivity contribution in [3.05, 3.63) is 59.8 Å². The summed E-state index contributed by atoms with van der Waals surface area (Å²) in [6.07, 6.45) is 2.32. The first-order chi connectivity index (χ1) is 13.5. The van der Waals surface area contributed by atoms with Crippen molar-refractivity contribution in [3.8, 4) is 11.5 Å². The van der Waals surface area contributed by atoms with E-state index in [1.807, 2.05) is 62.5 Å². The van der Waals surface area contributed by atoms with Crippen LogP contribution in [0.3, 0.4) is 0 Å². The fraction of sp³-hybridized carbons (Fsp3) is 0.318. The highest BCUT2D eigenvalue weighted by molar-refractivity contribution is 5.84. The second-order valence-corrected chi connectivity index (χ2v) is 6.99. The molecule has 3 N–H and O–H groups in total. The third kappa shape index (κ3) is 4.64. The molecular formula is C22H26N2O4. The molecule has 2 aromatic carbocycles. The van der Waals surface area contributed by atoms with Gasteiger partial charge in [-0.1, -0.05) is 24.3 Å². The van der Waals surface area contributed by atoms with Crippen LogP contribution in [0.1, 0.15) is 25.0 Å². The molecule has 6 heteroatoms. The minimum absolute atomic E-state index is 0.0467. The van der Waals surface area contributed by atoms with Gasteiger partial charge in [-0.25, -0.2) is 0 Å². The molecule has 0 amide bonds. The van der Waals surface area contributed by atoms with Crippen LogP contribution in [0.25, 0.3) is 10.9 Å². The maximum absolute atomic E-state index is 11.8. The number of benzene rings is 2. The quantitative estimate of drug-likeness (QED) is 0.525. The predicted octanol–water partition coefficient (Wildman–Crippen LogP) is 3.75. The minimum atomic E-state index is -0.878. The molecule has 1 unspecified atom stereocenters. The van der Waals surface area contributed by atoms with Crippen molar-refractivity contribution in [2.75, 3.05) is 7.11 Å². The van der Waals surface area contributed by atoms with Crippen LogP contribution in [0.15, 0.2) is 48.7 Å². The average Bonchev–Trinajstić information content (AvgIpc) is 3.08. The van der Waals surface area contributed by atoms with Crippen LogP contribution in [0.5, 0.6) is 11.5 Å². The Kier molecular flexibility index (Phi) is 6.21. The summed E-state index contributed by atoms with van der Waals surface area (Å²) in [6.45, 7) is 4.33. The normalized spacial score (nSPS) is 12.3. The van der Waals surface area contributed by atoms with Gasteiger partial charge in [-0.05, 0) is 43.2 Å². The number of aromatic nitrogens is 1. The number of carbonyl (C=O) groups is 1. The highest BCUT2D eigenvalue weighted by atomic mass is 16.5. The first-order valence-electron chi connectivity index (χ1n) is 9.32. The second-order valence-electron chi connectivity index (χ2n) is 6.99. The fourth-order valence-corrected chi connectivity index (χ4v) is 3.18. The number of nitrogens with one attached hydrogen (secondary N) is 2. The van der Waals surface area contributed by atoms with E-state index in [9.17, 15) is 9.90 Å². The maximum Gasteiger partial charge on any atom is 0.321 e. The molecule has 0 spiro atoms. The molecule has 0 saturated carbocycles. The smallest absolute Gasteiger partial charge is 0.321 e. The molecule has 148 valence electrons. The number of carboxylic acid groups (broad SMARTS) is 1. The molecule has 6 nitrogen and oxygen atoms in total. The standard InChI is InChI=1S/C22H26N2O4/c1-14(2)28-20-9-8-15(10-21(20)27-3)12-23-19(22(25)26)11-16-13-24-18-7-5-4-6-17(16)18/h4-10,13-14,19,23-24H,11-12H2,1-3H3,(H,25,26). The van der Waals surface area contributed by atoms with Crippen molar-refractivity contribution < 1.29 is 19.4 Å². The van der Waals surface area contributed by atoms with Crippen LogP contribution < -0.4 is 14.8 Å². The number of aliphatic carboxylic acids is 1. The Hall–Kier alpha value is -2.99. The first kappa shape index (κ1) is 19.8. The topological polar surface area (TPSA) is 83.6 Å². The zero-order chi connectivity index (χ0) is 20.1. The number of methoxy groups -OCH3 is 1. The lowest BCUT2D eigenvalue weighted by atomic mass is 10.0. The number of fused-ring (bicyclic) bond motifs is 1. The van der Waals surface area contributed by atoms with Crippen LogP contribution in [0.4, 0.5) is 0 Å². The highest BCUT2D eigenvalue weighted by Gasteiger charge is 2.19. The van der Waals surface area contributed by atoms with Gasteiger partial charge in [-0.15, -0.1) is 0 Å². The summed E-state index contributed by atoms with van der Waals surface area (Å²) < 4.78 is 11.1. The molecule has 0 bridgehead atoms. The van der Waals surface area contributed by atoms with Crippen LogP contribution >= 0.6 is 0 Å². The lowest BCUT2D eigenvalue weighted by molar-refractivity contribution is -0.139. The van der Waals surface area contributed by atoms with Gasteiger partial charge in [0.05, 0.1) is 13.2 Å². The number of para-hydroxylation sites is 1. The van der Waals surface area contributed by atoms with Crippen LogP contribution in [-0.4, -0.2) is 35.3 Å². The number of hydrogen-bond acceptors (Lipinski definition) is 4. The van der Waals surface area contributed by atoms with Gasteiger partial charge in [0.1, 0.15) is 6.04 Å². The Labute approximate surface area is 164 Å². The second kappa shape index (κ2) is 8.80. The Bertz CT molecular complexity index is 949. The van der Waals surface area contributed by atoms with E-state index in [4.69, 9.17) is 9.47 Å². The summed E-state index contributed by atoms with van der Waals surface area (Å²) in [7, 11) is 1.59. The molecule has 1 heterocycles. The minimum Gasteiger partial charge on any atom is -0.493 e. The van der Waals surface area contributed by atoms with Gasteiger partial charge in [0, 0.05) is 30.1 Å². The lowest BCUT2D eigenvalue weighted by Crippen LogP contribution is -2.38. The Morgan fingerprint density at radius 3 is 2.68 bits per heavy atom. The van der Waals surface area contributed by atoms with E-state index in [1.54, 1.807) is 7.11 Å². The Morgan fingerprint density at radius 1 is 1.18 bits per heavy atom. The maximum atomic E-state index is 11.8. The van der Waals surface area contributed by atoms with Gasteiger partial charge >= 0.3 is 5.97 Å². The highest BCUT2D eigenvalue weighted by Crippen LogP contribution is 2.29. The van der Waals surface area contributed by atoms with Crippen molar-refractivity contribution in [3.63, 3.8) is 0 Å². The summed E-state index contributed by atoms with van der Waals surface area (Å²) in [4.78, 5) is 15.0. The SMILES string of the molecule is COc1cc(CNC(Cc2c[nH]c3ccccc23)C(=O)O)ccc1OC(C)C. The molecule has 0 aliphatic rings. The Morgan fingerprint density at radius 2 is 1.96 bits per heavy atom. The molecule has 1 atom stereocenters. The summed E-state index contributed by atoms with van der Waals surface area (Å²) in [6, 6.07) is 12.8. The summed E-state index contributed by atoms with van der Waals surface area (Å²) in [5, 5.41) is 13.8. The lowest BCUT2D eigenvalue weighted by Gasteiger charge is -2.17. The van der Waals surface area contributed by atoms with Crippen LogP contribution in [-0.2, 0) is 17.8 Å². The van der Waals surface area contributed by atoms with Crippen LogP contribution in [0, 0.1) is 0 Å². The van der Waals surface area contributed by atoms with Crippen molar-refractivity contribution in [2.24, 2.45) is 0 Å². The van der Waals surface area contributed by atoms with E-state index in [-0.39, 0.29) is 6.10 Å². The zero-order valence-corrected chi connectivity index (χ0v) is 16.4. The van der Waals surface area contributed by atoms with Gasteiger partial charge in [-0.2, -0.15) is 0 Å². The third-order valence-electron chi connectivity index (χ3n) is 4.54. The number of rotatable bonds is 9. The number of hydrogen-bond donors (Lipinski definition) is 3. The zero-order valence-electron chi connectivity index (χ0n) is 16.4. The van der Waals surface area contributed by atoms with Gasteiger partial charge < -0.3 is 24.9 Å². The molecular weight excluding hydrogens is 356 g/mol. The van der Waals surface area contributed by atoms with E-state index in [0.29, 0.717) is 24.5 Å². The van der Waals surface area contributed by atoms with E-state index in [2.05, 4.69) is 10.3 Å². The summed E-state index contributed by atoms with van der Waals surface area (Å²) in [5.74, 6) is 0.434. The van der Waals surface area contributed by atoms with Crippen molar-refractivity contribution >= 4 is 16.9 Å². The first-order valence-corrected chi connectivity index (χ1v) is 9.32. The van der Waals surface area contributed by atoms with Gasteiger partial charge in [-0.3, -0.25) is 4.79 Å². The van der Waals surface area contributed by atoms with Crippen molar-refractivity contribution in [1.29, 1.82) is 0 Å². The molecule has 28 heavy (non-hydrogen) atoms. The number of carboxylic acids is 1. The monoisotopic (exact) mass is 382 g/mol. The molecule has 0 aliphatic carbocycles. The van der Waals surface area contributed by atoms with E-state index in [1.165, 1.54) is 0 Å². The van der Waals surface area contributed by atoms with Gasteiger partial charge in [0.15, 0.2) is 11.5 Å². The fourth-order valence-electron chi connectivity index (χ4n) is 3.18. The molecule has 3 aromatic rings. The molecule has 3 rings (SSSR count). The van der Waals surface area contributed by atoms with Crippen molar-refractivity contribution in [2.45, 2.75) is 39.0 Å². The number of aromatic amines is 1. The van der Waals surface area contributed by atoms with Gasteiger partial charge in [0.25, 0.3) is 0 Å². The van der Waals surface area contributed by atoms with Crippen LogP contribution in [0.2, 0.25) is 0 Å². The molecule has 0 fully saturated rings. The number of ether oxygens (including phenoxy) is 2. The molecule has 0 saturated heterocycles. The summed E-state index contributed by atoms with van der Waals surface area (Å²) >= 11 is 0. The largest absolute Gasteiger partial charge is 0.493 e. The van der Waals surface area contributed by atoms with E-state index >= 15 is 0 Å².